The molecule has 3 heterocycles. The van der Waals surface area contributed by atoms with Gasteiger partial charge in [-0.2, -0.15) is 0 Å². The second-order valence-corrected chi connectivity index (χ2v) is 5.32. The van der Waals surface area contributed by atoms with Gasteiger partial charge >= 0.3 is 0 Å². The minimum absolute atomic E-state index is 0.0132. The van der Waals surface area contributed by atoms with E-state index >= 15 is 0 Å². The largest absolute Gasteiger partial charge is 0.483 e. The fourth-order valence-electron chi connectivity index (χ4n) is 3.16. The van der Waals surface area contributed by atoms with Crippen molar-refractivity contribution in [1.82, 2.24) is 5.32 Å². The lowest BCUT2D eigenvalue weighted by molar-refractivity contribution is 0.0141. The highest BCUT2D eigenvalue weighted by Gasteiger charge is 2.39. The molecule has 96 valence electrons. The van der Waals surface area contributed by atoms with Gasteiger partial charge < -0.3 is 19.5 Å². The number of aryl methyl sites for hydroxylation is 1. The van der Waals surface area contributed by atoms with Crippen molar-refractivity contribution in [2.75, 3.05) is 19.9 Å². The molecule has 1 aromatic carbocycles. The normalized spacial score (nSPS) is 23.6. The number of fused-ring (bicyclic) bond motifs is 3. The van der Waals surface area contributed by atoms with Crippen molar-refractivity contribution in [2.24, 2.45) is 0 Å². The molecule has 0 aromatic heterocycles. The first kappa shape index (κ1) is 10.5. The van der Waals surface area contributed by atoms with Crippen molar-refractivity contribution in [3.05, 3.63) is 17.7 Å². The van der Waals surface area contributed by atoms with Crippen LogP contribution in [0, 0.1) is 0 Å². The fraction of sp³-hybridized carbons (Fsp3) is 0.571. The van der Waals surface area contributed by atoms with Crippen LogP contribution in [0.2, 0.25) is 0 Å². The lowest BCUT2D eigenvalue weighted by Crippen LogP contribution is -2.48. The van der Waals surface area contributed by atoms with Crippen LogP contribution in [0.3, 0.4) is 0 Å². The van der Waals surface area contributed by atoms with E-state index in [0.29, 0.717) is 6.79 Å². The average molecular weight is 247 g/mol. The zero-order valence-corrected chi connectivity index (χ0v) is 10.3. The molecule has 3 aliphatic rings. The van der Waals surface area contributed by atoms with Gasteiger partial charge in [0, 0.05) is 0 Å². The summed E-state index contributed by atoms with van der Waals surface area (Å²) in [5, 5.41) is 3.40. The van der Waals surface area contributed by atoms with Gasteiger partial charge in [0.25, 0.3) is 0 Å². The lowest BCUT2D eigenvalue weighted by atomic mass is 9.83. The van der Waals surface area contributed by atoms with Gasteiger partial charge in [-0.3, -0.25) is 0 Å². The molecule has 0 unspecified atom stereocenters. The average Bonchev–Trinajstić information content (AvgIpc) is 2.88. The Morgan fingerprint density at radius 2 is 1.89 bits per heavy atom. The first-order chi connectivity index (χ1) is 8.86. The van der Waals surface area contributed by atoms with Gasteiger partial charge in [0.1, 0.15) is 5.60 Å². The zero-order valence-electron chi connectivity index (χ0n) is 10.3. The molecule has 1 spiro atoms. The Morgan fingerprint density at radius 3 is 2.78 bits per heavy atom. The Morgan fingerprint density at radius 1 is 1.00 bits per heavy atom. The molecule has 0 aliphatic carbocycles. The summed E-state index contributed by atoms with van der Waals surface area (Å²) in [5.74, 6) is 2.56. The molecule has 0 saturated carbocycles. The van der Waals surface area contributed by atoms with Crippen molar-refractivity contribution in [2.45, 2.75) is 31.3 Å². The van der Waals surface area contributed by atoms with Gasteiger partial charge in [0.2, 0.25) is 12.5 Å². The van der Waals surface area contributed by atoms with Crippen LogP contribution in [-0.4, -0.2) is 25.5 Å². The minimum Gasteiger partial charge on any atom is -0.483 e. The van der Waals surface area contributed by atoms with Crippen molar-refractivity contribution in [1.29, 1.82) is 0 Å². The molecule has 0 atom stereocenters. The van der Waals surface area contributed by atoms with E-state index in [1.807, 2.05) is 6.07 Å². The maximum atomic E-state index is 6.36. The minimum atomic E-state index is 0.0132. The number of hydrogen-bond donors (Lipinski definition) is 1. The van der Waals surface area contributed by atoms with E-state index in [9.17, 15) is 0 Å². The summed E-state index contributed by atoms with van der Waals surface area (Å²) >= 11 is 0. The summed E-state index contributed by atoms with van der Waals surface area (Å²) in [6.07, 6.45) is 4.35. The van der Waals surface area contributed by atoms with Crippen LogP contribution in [0.4, 0.5) is 0 Å². The van der Waals surface area contributed by atoms with Crippen molar-refractivity contribution in [3.8, 4) is 17.2 Å². The van der Waals surface area contributed by atoms with Crippen LogP contribution in [0.15, 0.2) is 12.1 Å². The quantitative estimate of drug-likeness (QED) is 0.759. The Hall–Kier alpha value is -1.42. The topological polar surface area (TPSA) is 39.7 Å². The van der Waals surface area contributed by atoms with E-state index in [1.165, 1.54) is 5.56 Å². The van der Waals surface area contributed by atoms with E-state index < -0.39 is 0 Å². The van der Waals surface area contributed by atoms with Crippen molar-refractivity contribution < 1.29 is 14.2 Å². The molecule has 0 radical (unpaired) electrons. The van der Waals surface area contributed by atoms with Gasteiger partial charge in [0.15, 0.2) is 11.5 Å². The molecule has 4 heteroatoms. The maximum Gasteiger partial charge on any atom is 0.231 e. The van der Waals surface area contributed by atoms with Crippen LogP contribution >= 0.6 is 0 Å². The Bertz CT molecular complexity index is 480. The van der Waals surface area contributed by atoms with Gasteiger partial charge in [-0.25, -0.2) is 0 Å². The summed E-state index contributed by atoms with van der Waals surface area (Å²) < 4.78 is 17.4. The lowest BCUT2D eigenvalue weighted by Gasteiger charge is -2.41. The van der Waals surface area contributed by atoms with Gasteiger partial charge in [0.05, 0.1) is 0 Å². The second kappa shape index (κ2) is 3.79. The van der Waals surface area contributed by atoms with Crippen LogP contribution in [0.5, 0.6) is 17.2 Å². The third kappa shape index (κ3) is 1.48. The summed E-state index contributed by atoms with van der Waals surface area (Å²) in [5.41, 5.74) is 1.27. The highest BCUT2D eigenvalue weighted by molar-refractivity contribution is 5.58. The van der Waals surface area contributed by atoms with Crippen LogP contribution < -0.4 is 19.5 Å². The molecule has 1 aromatic rings. The third-order valence-electron chi connectivity index (χ3n) is 4.26. The number of nitrogens with one attached hydrogen (secondary N) is 1. The first-order valence-electron chi connectivity index (χ1n) is 6.68. The van der Waals surface area contributed by atoms with Gasteiger partial charge in [-0.05, 0) is 50.4 Å². The molecule has 0 amide bonds. The van der Waals surface area contributed by atoms with E-state index in [0.717, 1.165) is 56.0 Å². The standard InChI is InChI=1S/C14H17NO3/c1-2-11-13(17-9-16-11)12-10(1)3-4-14(18-12)5-7-15-8-6-14/h1-2,15H,3-9H2. The maximum absolute atomic E-state index is 6.36. The van der Waals surface area contributed by atoms with Crippen LogP contribution in [0.25, 0.3) is 0 Å². The smallest absolute Gasteiger partial charge is 0.231 e. The third-order valence-corrected chi connectivity index (χ3v) is 4.26. The Balaban J connectivity index is 1.73. The monoisotopic (exact) mass is 247 g/mol. The molecule has 0 bridgehead atoms. The Kier molecular flexibility index (Phi) is 2.21. The number of rotatable bonds is 0. The summed E-state index contributed by atoms with van der Waals surface area (Å²) in [6, 6.07) is 4.10. The van der Waals surface area contributed by atoms with E-state index in [2.05, 4.69) is 11.4 Å². The van der Waals surface area contributed by atoms with E-state index in [4.69, 9.17) is 14.2 Å². The molecule has 1 N–H and O–H groups in total. The summed E-state index contributed by atoms with van der Waals surface area (Å²) in [6.45, 7) is 2.40. The van der Waals surface area contributed by atoms with E-state index in [1.54, 1.807) is 0 Å². The number of benzene rings is 1. The number of piperidine rings is 1. The molecule has 4 nitrogen and oxygen atoms in total. The number of hydrogen-bond acceptors (Lipinski definition) is 4. The SMILES string of the molecule is c1cc2c(c3c1CCC1(CCNCC1)O3)OCO2. The van der Waals surface area contributed by atoms with Gasteiger partial charge in [-0.15, -0.1) is 0 Å². The van der Waals surface area contributed by atoms with E-state index in [-0.39, 0.29) is 5.60 Å². The summed E-state index contributed by atoms with van der Waals surface area (Å²) in [4.78, 5) is 0. The first-order valence-corrected chi connectivity index (χ1v) is 6.68. The predicted octanol–water partition coefficient (Wildman–Crippen LogP) is 1.86. The highest BCUT2D eigenvalue weighted by Crippen LogP contribution is 2.49. The summed E-state index contributed by atoms with van der Waals surface area (Å²) in [7, 11) is 0. The predicted molar refractivity (Wildman–Crippen MR) is 66.3 cm³/mol. The molecule has 1 fully saturated rings. The molecule has 3 aliphatic heterocycles. The Labute approximate surface area is 106 Å². The second-order valence-electron chi connectivity index (χ2n) is 5.32. The van der Waals surface area contributed by atoms with Crippen LogP contribution in [0.1, 0.15) is 24.8 Å². The molecule has 18 heavy (non-hydrogen) atoms. The van der Waals surface area contributed by atoms with Crippen molar-refractivity contribution >= 4 is 0 Å². The highest BCUT2D eigenvalue weighted by atomic mass is 16.7. The molecule has 4 rings (SSSR count). The molecule has 1 saturated heterocycles. The fourth-order valence-corrected chi connectivity index (χ4v) is 3.16. The number of ether oxygens (including phenoxy) is 3. The molecular weight excluding hydrogens is 230 g/mol. The van der Waals surface area contributed by atoms with Crippen molar-refractivity contribution in [3.63, 3.8) is 0 Å². The van der Waals surface area contributed by atoms with Crippen LogP contribution in [-0.2, 0) is 6.42 Å². The molecular formula is C14H17NO3. The zero-order chi connectivity index (χ0) is 12.0. The van der Waals surface area contributed by atoms with Gasteiger partial charge in [-0.1, -0.05) is 6.07 Å².